The van der Waals surface area contributed by atoms with Gasteiger partial charge in [0.15, 0.2) is 0 Å². The van der Waals surface area contributed by atoms with E-state index in [0.29, 0.717) is 17.5 Å². The van der Waals surface area contributed by atoms with Crippen LogP contribution in [0.4, 0.5) is 21.9 Å². The van der Waals surface area contributed by atoms with Crippen LogP contribution in [0.2, 0.25) is 0 Å². The van der Waals surface area contributed by atoms with Gasteiger partial charge in [-0.25, -0.2) is 9.78 Å². The maximum Gasteiger partial charge on any atom is 0.338 e. The van der Waals surface area contributed by atoms with E-state index in [-0.39, 0.29) is 17.0 Å². The molecule has 1 aromatic carbocycles. The first kappa shape index (κ1) is 18.6. The summed E-state index contributed by atoms with van der Waals surface area (Å²) in [6.07, 6.45) is 4.57. The number of rotatable bonds is 4. The molecule has 156 valence electrons. The zero-order chi connectivity index (χ0) is 20.9. The van der Waals surface area contributed by atoms with E-state index in [1.54, 1.807) is 12.3 Å². The number of nitro groups is 1. The van der Waals surface area contributed by atoms with E-state index in [1.165, 1.54) is 18.2 Å². The number of pyridine rings is 1. The number of carbonyl (C=O) groups is 1. The Morgan fingerprint density at radius 2 is 2.13 bits per heavy atom. The predicted molar refractivity (Wildman–Crippen MR) is 109 cm³/mol. The summed E-state index contributed by atoms with van der Waals surface area (Å²) >= 11 is 0. The smallest absolute Gasteiger partial charge is 0.338 e. The van der Waals surface area contributed by atoms with Gasteiger partial charge in [-0.15, -0.1) is 0 Å². The Morgan fingerprint density at radius 3 is 2.80 bits per heavy atom. The monoisotopic (exact) mass is 410 g/mol. The third-order valence-corrected chi connectivity index (χ3v) is 6.32. The minimum absolute atomic E-state index is 0.0561. The number of nitrogens with zero attached hydrogens (tertiary/aromatic N) is 4. The van der Waals surface area contributed by atoms with Crippen molar-refractivity contribution in [1.82, 2.24) is 9.88 Å². The molecular weight excluding hydrogens is 388 g/mol. The van der Waals surface area contributed by atoms with E-state index in [2.05, 4.69) is 15.3 Å². The van der Waals surface area contributed by atoms with Gasteiger partial charge in [0.1, 0.15) is 11.3 Å². The number of aromatic nitrogens is 1. The Labute approximate surface area is 172 Å². The number of hydrogen-bond acceptors (Lipinski definition) is 7. The molecule has 10 heteroatoms. The number of carbonyl (C=O) groups excluding carboxylic acids is 1. The molecule has 3 fully saturated rings. The molecule has 3 N–H and O–H groups in total. The fourth-order valence-corrected chi connectivity index (χ4v) is 4.94. The number of hydrogen-bond donors (Lipinski definition) is 2. The van der Waals surface area contributed by atoms with Gasteiger partial charge in [-0.2, -0.15) is 5.01 Å². The molecule has 1 unspecified atom stereocenters. The number of nitro benzene ring substituents is 1. The van der Waals surface area contributed by atoms with Gasteiger partial charge in [0.2, 0.25) is 5.88 Å². The fraction of sp³-hybridized carbons (Fsp3) is 0.400. The van der Waals surface area contributed by atoms with E-state index in [0.717, 1.165) is 49.5 Å². The standard InChI is InChI=1S/C20H22N6O4/c21-19(27)25(16-3-1-2-4-17(16)26(28)29)23-15-9-13-10-20(30-18(13)22-11-15)12-24-7-5-14(20)6-8-24/h1-4,9,11,14,23H,5-8,10,12H2,(H2,21,27). The largest absolute Gasteiger partial charge is 0.469 e. The van der Waals surface area contributed by atoms with E-state index in [9.17, 15) is 14.9 Å². The van der Waals surface area contributed by atoms with Crippen LogP contribution in [-0.4, -0.2) is 46.1 Å². The quantitative estimate of drug-likeness (QED) is 0.585. The molecule has 3 saturated heterocycles. The van der Waals surface area contributed by atoms with Crippen LogP contribution in [0, 0.1) is 16.0 Å². The number of para-hydroxylation sites is 2. The summed E-state index contributed by atoms with van der Waals surface area (Å²) in [4.78, 5) is 29.7. The normalized spacial score (nSPS) is 26.1. The van der Waals surface area contributed by atoms with Crippen molar-refractivity contribution in [2.45, 2.75) is 24.9 Å². The molecule has 2 aromatic rings. The van der Waals surface area contributed by atoms with Crippen molar-refractivity contribution in [3.63, 3.8) is 0 Å². The highest BCUT2D eigenvalue weighted by molar-refractivity contribution is 5.95. The lowest BCUT2D eigenvalue weighted by atomic mass is 9.73. The number of nitrogens with two attached hydrogens (primary N) is 1. The van der Waals surface area contributed by atoms with Gasteiger partial charge in [0.05, 0.1) is 16.8 Å². The number of piperidine rings is 3. The number of primary amides is 1. The first-order valence-corrected chi connectivity index (χ1v) is 9.95. The Kier molecular flexibility index (Phi) is 4.24. The van der Waals surface area contributed by atoms with Crippen molar-refractivity contribution in [2.75, 3.05) is 30.1 Å². The molecule has 30 heavy (non-hydrogen) atoms. The third-order valence-electron chi connectivity index (χ3n) is 6.32. The molecule has 4 aliphatic heterocycles. The van der Waals surface area contributed by atoms with Gasteiger partial charge in [-0.1, -0.05) is 12.1 Å². The van der Waals surface area contributed by atoms with E-state index >= 15 is 0 Å². The molecule has 1 aromatic heterocycles. The van der Waals surface area contributed by atoms with Crippen LogP contribution >= 0.6 is 0 Å². The SMILES string of the molecule is NC(=O)N(Nc1cnc2c(c1)CC1(CN3CCC1CC3)O2)c1ccccc1[N+](=O)[O-]. The highest BCUT2D eigenvalue weighted by Gasteiger charge is 2.52. The average molecular weight is 410 g/mol. The van der Waals surface area contributed by atoms with Gasteiger partial charge in [0, 0.05) is 30.5 Å². The predicted octanol–water partition coefficient (Wildman–Crippen LogP) is 2.30. The first-order valence-electron chi connectivity index (χ1n) is 9.95. The second-order valence-electron chi connectivity index (χ2n) is 8.11. The Hall–Kier alpha value is -3.40. The summed E-state index contributed by atoms with van der Waals surface area (Å²) in [6.45, 7) is 3.14. The number of anilines is 2. The minimum atomic E-state index is -0.866. The van der Waals surface area contributed by atoms with Gasteiger partial charge in [-0.05, 0) is 38.1 Å². The third kappa shape index (κ3) is 3.00. The van der Waals surface area contributed by atoms with Gasteiger partial charge >= 0.3 is 6.03 Å². The number of fused-ring (bicyclic) bond motifs is 3. The highest BCUT2D eigenvalue weighted by atomic mass is 16.6. The lowest BCUT2D eigenvalue weighted by Gasteiger charge is -2.50. The van der Waals surface area contributed by atoms with Crippen LogP contribution in [0.25, 0.3) is 0 Å². The minimum Gasteiger partial charge on any atom is -0.469 e. The fourth-order valence-electron chi connectivity index (χ4n) is 4.94. The molecule has 0 aliphatic carbocycles. The number of urea groups is 1. The molecule has 1 spiro atoms. The van der Waals surface area contributed by atoms with Crippen LogP contribution in [0.15, 0.2) is 36.5 Å². The Bertz CT molecular complexity index is 1020. The zero-order valence-electron chi connectivity index (χ0n) is 16.3. The number of amides is 2. The molecule has 1 atom stereocenters. The zero-order valence-corrected chi connectivity index (χ0v) is 16.3. The number of hydrazine groups is 1. The second kappa shape index (κ2) is 6.84. The van der Waals surface area contributed by atoms with E-state index in [1.807, 2.05) is 6.07 Å². The molecule has 2 amide bonds. The number of nitrogens with one attached hydrogen (secondary N) is 1. The summed E-state index contributed by atoms with van der Waals surface area (Å²) in [6, 6.07) is 6.92. The van der Waals surface area contributed by atoms with Crippen LogP contribution in [0.5, 0.6) is 5.88 Å². The summed E-state index contributed by atoms with van der Waals surface area (Å²) in [5.74, 6) is 1.13. The van der Waals surface area contributed by atoms with Crippen LogP contribution in [0.1, 0.15) is 18.4 Å². The maximum atomic E-state index is 12.1. The summed E-state index contributed by atoms with van der Waals surface area (Å²) in [5.41, 5.74) is 9.44. The van der Waals surface area contributed by atoms with Crippen molar-refractivity contribution in [3.8, 4) is 5.88 Å². The molecule has 10 nitrogen and oxygen atoms in total. The van der Waals surface area contributed by atoms with Gasteiger partial charge < -0.3 is 10.5 Å². The van der Waals surface area contributed by atoms with Crippen molar-refractivity contribution < 1.29 is 14.5 Å². The summed E-state index contributed by atoms with van der Waals surface area (Å²) in [7, 11) is 0. The van der Waals surface area contributed by atoms with Crippen molar-refractivity contribution in [3.05, 3.63) is 52.2 Å². The van der Waals surface area contributed by atoms with Gasteiger partial charge in [0.25, 0.3) is 5.69 Å². The molecular formula is C20H22N6O4. The highest BCUT2D eigenvalue weighted by Crippen LogP contribution is 2.46. The van der Waals surface area contributed by atoms with Gasteiger partial charge in [-0.3, -0.25) is 20.4 Å². The molecule has 0 radical (unpaired) electrons. The van der Waals surface area contributed by atoms with E-state index < -0.39 is 11.0 Å². The molecule has 6 rings (SSSR count). The number of benzene rings is 1. The average Bonchev–Trinajstić information content (AvgIpc) is 3.09. The maximum absolute atomic E-state index is 12.1. The lowest BCUT2D eigenvalue weighted by Crippen LogP contribution is -2.61. The van der Waals surface area contributed by atoms with Crippen LogP contribution < -0.4 is 20.9 Å². The Morgan fingerprint density at radius 1 is 1.37 bits per heavy atom. The second-order valence-corrected chi connectivity index (χ2v) is 8.11. The number of ether oxygens (including phenoxy) is 1. The summed E-state index contributed by atoms with van der Waals surface area (Å²) in [5, 5.41) is 12.3. The van der Waals surface area contributed by atoms with E-state index in [4.69, 9.17) is 10.5 Å². The summed E-state index contributed by atoms with van der Waals surface area (Å²) < 4.78 is 6.34. The lowest BCUT2D eigenvalue weighted by molar-refractivity contribution is -0.384. The van der Waals surface area contributed by atoms with Crippen molar-refractivity contribution in [2.24, 2.45) is 11.7 Å². The van der Waals surface area contributed by atoms with Crippen molar-refractivity contribution in [1.29, 1.82) is 0 Å². The molecule has 2 bridgehead atoms. The molecule has 4 aliphatic rings. The first-order chi connectivity index (χ1) is 14.4. The topological polar surface area (TPSA) is 127 Å². The van der Waals surface area contributed by atoms with Crippen LogP contribution in [-0.2, 0) is 6.42 Å². The molecule has 5 heterocycles. The Balaban J connectivity index is 1.41. The van der Waals surface area contributed by atoms with Crippen molar-refractivity contribution >= 4 is 23.1 Å². The molecule has 0 saturated carbocycles. The van der Waals surface area contributed by atoms with Crippen LogP contribution in [0.3, 0.4) is 0 Å².